The Morgan fingerprint density at radius 1 is 0.900 bits per heavy atom. The van der Waals surface area contributed by atoms with Gasteiger partial charge < -0.3 is 0 Å². The number of thioether (sulfide) groups is 1. The summed E-state index contributed by atoms with van der Waals surface area (Å²) in [6.07, 6.45) is 6.50. The molecule has 1 heteroatoms. The van der Waals surface area contributed by atoms with Crippen molar-refractivity contribution in [3.8, 4) is 0 Å². The van der Waals surface area contributed by atoms with Crippen LogP contribution in [0.3, 0.4) is 0 Å². The fourth-order valence-electron chi connectivity index (χ4n) is 1.79. The first-order valence-electron chi connectivity index (χ1n) is 6.92. The van der Waals surface area contributed by atoms with E-state index in [1.807, 2.05) is 17.8 Å². The van der Waals surface area contributed by atoms with Crippen LogP contribution < -0.4 is 0 Å². The van der Waals surface area contributed by atoms with Gasteiger partial charge in [-0.3, -0.25) is 0 Å². The van der Waals surface area contributed by atoms with Gasteiger partial charge in [-0.1, -0.05) is 92.4 Å². The van der Waals surface area contributed by atoms with Crippen LogP contribution in [0, 0.1) is 5.92 Å². The predicted molar refractivity (Wildman–Crippen MR) is 90.7 cm³/mol. The van der Waals surface area contributed by atoms with Gasteiger partial charge in [0.1, 0.15) is 0 Å². The van der Waals surface area contributed by atoms with Crippen molar-refractivity contribution in [2.75, 3.05) is 0 Å². The molecule has 0 unspecified atom stereocenters. The number of rotatable bonds is 5. The summed E-state index contributed by atoms with van der Waals surface area (Å²) in [6.45, 7) is 4.47. The van der Waals surface area contributed by atoms with Crippen molar-refractivity contribution in [1.82, 2.24) is 0 Å². The monoisotopic (exact) mass is 280 g/mol. The lowest BCUT2D eigenvalue weighted by molar-refractivity contribution is 0.816. The van der Waals surface area contributed by atoms with Crippen LogP contribution in [0.2, 0.25) is 0 Å². The third kappa shape index (κ3) is 4.75. The minimum atomic E-state index is 0.528. The SMILES string of the molecule is CC(C)/C(=C\C=C\c1ccccc1)Sc1ccccc1. The first-order chi connectivity index (χ1) is 9.75. The summed E-state index contributed by atoms with van der Waals surface area (Å²) < 4.78 is 0. The van der Waals surface area contributed by atoms with Gasteiger partial charge in [-0.05, 0) is 28.5 Å². The minimum Gasteiger partial charge on any atom is -0.0943 e. The molecular formula is C19H20S. The van der Waals surface area contributed by atoms with Crippen molar-refractivity contribution in [3.63, 3.8) is 0 Å². The second-order valence-electron chi connectivity index (χ2n) is 4.91. The Bertz CT molecular complexity index is 565. The van der Waals surface area contributed by atoms with E-state index in [1.165, 1.54) is 15.4 Å². The molecule has 2 aromatic rings. The van der Waals surface area contributed by atoms with E-state index < -0.39 is 0 Å². The average molecular weight is 280 g/mol. The second-order valence-corrected chi connectivity index (χ2v) is 6.06. The topological polar surface area (TPSA) is 0 Å². The van der Waals surface area contributed by atoms with Gasteiger partial charge in [0.05, 0.1) is 0 Å². The summed E-state index contributed by atoms with van der Waals surface area (Å²) in [7, 11) is 0. The highest BCUT2D eigenvalue weighted by molar-refractivity contribution is 8.03. The van der Waals surface area contributed by atoms with Crippen molar-refractivity contribution >= 4 is 17.8 Å². The Labute approximate surface area is 126 Å². The van der Waals surface area contributed by atoms with E-state index in [1.54, 1.807) is 0 Å². The second kappa shape index (κ2) is 7.76. The highest BCUT2D eigenvalue weighted by atomic mass is 32.2. The molecule has 102 valence electrons. The normalized spacial score (nSPS) is 12.2. The minimum absolute atomic E-state index is 0.528. The Morgan fingerprint density at radius 3 is 2.10 bits per heavy atom. The van der Waals surface area contributed by atoms with Crippen LogP contribution in [-0.4, -0.2) is 0 Å². The molecule has 0 aromatic heterocycles. The van der Waals surface area contributed by atoms with Crippen LogP contribution in [0.1, 0.15) is 19.4 Å². The number of allylic oxidation sites excluding steroid dienone is 3. The zero-order valence-electron chi connectivity index (χ0n) is 12.0. The Balaban J connectivity index is 2.09. The molecule has 0 radical (unpaired) electrons. The van der Waals surface area contributed by atoms with E-state index in [4.69, 9.17) is 0 Å². The molecule has 0 aliphatic carbocycles. The van der Waals surface area contributed by atoms with Crippen LogP contribution in [0.4, 0.5) is 0 Å². The number of benzene rings is 2. The Kier molecular flexibility index (Phi) is 5.69. The zero-order valence-corrected chi connectivity index (χ0v) is 12.8. The third-order valence-electron chi connectivity index (χ3n) is 2.90. The molecule has 0 bridgehead atoms. The molecule has 0 atom stereocenters. The number of hydrogen-bond donors (Lipinski definition) is 0. The van der Waals surface area contributed by atoms with Crippen LogP contribution in [0.15, 0.2) is 82.6 Å². The van der Waals surface area contributed by atoms with Crippen molar-refractivity contribution in [1.29, 1.82) is 0 Å². The van der Waals surface area contributed by atoms with Crippen LogP contribution in [0.25, 0.3) is 6.08 Å². The van der Waals surface area contributed by atoms with Gasteiger partial charge in [-0.15, -0.1) is 0 Å². The smallest absolute Gasteiger partial charge is 0.0119 e. The standard InChI is InChI=1S/C19H20S/c1-16(2)19(20-18-13-7-4-8-14-18)15-9-12-17-10-5-3-6-11-17/h3-16H,1-2H3/b12-9+,19-15+. The lowest BCUT2D eigenvalue weighted by atomic mass is 10.2. The molecule has 0 aliphatic heterocycles. The zero-order chi connectivity index (χ0) is 14.2. The molecule has 0 heterocycles. The van der Waals surface area contributed by atoms with Gasteiger partial charge in [-0.2, -0.15) is 0 Å². The molecular weight excluding hydrogens is 260 g/mol. The van der Waals surface area contributed by atoms with Gasteiger partial charge in [0.2, 0.25) is 0 Å². The van der Waals surface area contributed by atoms with Crippen molar-refractivity contribution in [2.45, 2.75) is 18.7 Å². The van der Waals surface area contributed by atoms with E-state index in [0.717, 1.165) is 0 Å². The highest BCUT2D eigenvalue weighted by Gasteiger charge is 2.04. The van der Waals surface area contributed by atoms with Crippen LogP contribution >= 0.6 is 11.8 Å². The maximum absolute atomic E-state index is 2.23. The average Bonchev–Trinajstić information content (AvgIpc) is 2.48. The van der Waals surface area contributed by atoms with E-state index in [-0.39, 0.29) is 0 Å². The van der Waals surface area contributed by atoms with E-state index in [9.17, 15) is 0 Å². The van der Waals surface area contributed by atoms with E-state index in [0.29, 0.717) is 5.92 Å². The first-order valence-corrected chi connectivity index (χ1v) is 7.73. The molecule has 0 nitrogen and oxygen atoms in total. The molecule has 20 heavy (non-hydrogen) atoms. The predicted octanol–water partition coefficient (Wildman–Crippen LogP) is 6.03. The fourth-order valence-corrected chi connectivity index (χ4v) is 2.73. The Hall–Kier alpha value is -1.73. The lowest BCUT2D eigenvalue weighted by Gasteiger charge is -2.10. The van der Waals surface area contributed by atoms with Crippen LogP contribution in [0.5, 0.6) is 0 Å². The van der Waals surface area contributed by atoms with Crippen molar-refractivity contribution in [2.24, 2.45) is 5.92 Å². The van der Waals surface area contributed by atoms with Gasteiger partial charge in [0, 0.05) is 4.90 Å². The molecule has 2 aromatic carbocycles. The van der Waals surface area contributed by atoms with Crippen molar-refractivity contribution in [3.05, 3.63) is 83.3 Å². The molecule has 2 rings (SSSR count). The van der Waals surface area contributed by atoms with Gasteiger partial charge in [0.15, 0.2) is 0 Å². The largest absolute Gasteiger partial charge is 0.0943 e. The molecule has 0 aliphatic rings. The summed E-state index contributed by atoms with van der Waals surface area (Å²) in [4.78, 5) is 2.67. The molecule has 0 saturated carbocycles. The highest BCUT2D eigenvalue weighted by Crippen LogP contribution is 2.31. The number of hydrogen-bond acceptors (Lipinski definition) is 1. The quantitative estimate of drug-likeness (QED) is 0.476. The van der Waals surface area contributed by atoms with Gasteiger partial charge in [0.25, 0.3) is 0 Å². The van der Waals surface area contributed by atoms with E-state index >= 15 is 0 Å². The summed E-state index contributed by atoms with van der Waals surface area (Å²) in [5, 5.41) is 0. The van der Waals surface area contributed by atoms with Crippen molar-refractivity contribution < 1.29 is 0 Å². The fraction of sp³-hybridized carbons (Fsp3) is 0.158. The summed E-state index contributed by atoms with van der Waals surface area (Å²) in [5.74, 6) is 0.528. The third-order valence-corrected chi connectivity index (χ3v) is 4.25. The summed E-state index contributed by atoms with van der Waals surface area (Å²) in [6, 6.07) is 20.9. The molecule has 0 fully saturated rings. The Morgan fingerprint density at radius 2 is 1.50 bits per heavy atom. The lowest BCUT2D eigenvalue weighted by Crippen LogP contribution is -1.88. The maximum Gasteiger partial charge on any atom is 0.0119 e. The van der Waals surface area contributed by atoms with Crippen LogP contribution in [-0.2, 0) is 0 Å². The summed E-state index contributed by atoms with van der Waals surface area (Å²) >= 11 is 1.84. The molecule has 0 spiro atoms. The van der Waals surface area contributed by atoms with Gasteiger partial charge in [-0.25, -0.2) is 0 Å². The van der Waals surface area contributed by atoms with Gasteiger partial charge >= 0.3 is 0 Å². The molecule has 0 amide bonds. The maximum atomic E-state index is 2.23. The van der Waals surface area contributed by atoms with E-state index in [2.05, 4.69) is 86.7 Å². The molecule has 0 saturated heterocycles. The first kappa shape index (κ1) is 14.7. The molecule has 0 N–H and O–H groups in total. The summed E-state index contributed by atoms with van der Waals surface area (Å²) in [5.41, 5.74) is 1.23.